The van der Waals surface area contributed by atoms with E-state index in [9.17, 15) is 4.79 Å². The molecule has 5 heteroatoms. The predicted octanol–water partition coefficient (Wildman–Crippen LogP) is 2.54. The van der Waals surface area contributed by atoms with E-state index in [2.05, 4.69) is 5.32 Å². The fraction of sp³-hybridized carbons (Fsp3) is 0.133. The maximum atomic E-state index is 12.1. The number of rotatable bonds is 4. The molecule has 1 amide bonds. The molecular formula is C15H16N2O3. The summed E-state index contributed by atoms with van der Waals surface area (Å²) in [4.78, 5) is 12.1. The zero-order valence-electron chi connectivity index (χ0n) is 11.3. The Morgan fingerprint density at radius 1 is 1.10 bits per heavy atom. The fourth-order valence-corrected chi connectivity index (χ4v) is 1.78. The van der Waals surface area contributed by atoms with Crippen molar-refractivity contribution in [3.63, 3.8) is 0 Å². The molecule has 3 N–H and O–H groups in total. The molecule has 0 aliphatic rings. The second-order valence-electron chi connectivity index (χ2n) is 4.14. The Morgan fingerprint density at radius 2 is 1.90 bits per heavy atom. The van der Waals surface area contributed by atoms with Gasteiger partial charge in [0.25, 0.3) is 5.91 Å². The number of amides is 1. The van der Waals surface area contributed by atoms with Crippen LogP contribution >= 0.6 is 0 Å². The van der Waals surface area contributed by atoms with Gasteiger partial charge in [0.15, 0.2) is 0 Å². The van der Waals surface area contributed by atoms with Crippen LogP contribution in [0.4, 0.5) is 11.4 Å². The van der Waals surface area contributed by atoms with Gasteiger partial charge in [-0.1, -0.05) is 6.07 Å². The quantitative estimate of drug-likeness (QED) is 0.839. The number of ether oxygens (including phenoxy) is 2. The van der Waals surface area contributed by atoms with Gasteiger partial charge in [-0.3, -0.25) is 4.79 Å². The first kappa shape index (κ1) is 13.7. The number of carbonyl (C=O) groups is 1. The van der Waals surface area contributed by atoms with E-state index in [1.54, 1.807) is 56.7 Å². The van der Waals surface area contributed by atoms with E-state index >= 15 is 0 Å². The minimum Gasteiger partial charge on any atom is -0.497 e. The van der Waals surface area contributed by atoms with Crippen LogP contribution in [0, 0.1) is 0 Å². The molecule has 0 radical (unpaired) electrons. The number of nitrogen functional groups attached to an aromatic ring is 1. The third kappa shape index (κ3) is 3.00. The Labute approximate surface area is 117 Å². The molecule has 0 aliphatic heterocycles. The van der Waals surface area contributed by atoms with Crippen molar-refractivity contribution in [1.29, 1.82) is 0 Å². The summed E-state index contributed by atoms with van der Waals surface area (Å²) in [6.07, 6.45) is 0. The number of nitrogens with one attached hydrogen (secondary N) is 1. The molecule has 104 valence electrons. The number of carbonyl (C=O) groups excluding carboxylic acids is 1. The minimum atomic E-state index is -0.228. The van der Waals surface area contributed by atoms with Crippen LogP contribution in [0.2, 0.25) is 0 Å². The molecule has 0 spiro atoms. The Hall–Kier alpha value is -2.69. The lowest BCUT2D eigenvalue weighted by molar-refractivity contribution is 0.102. The van der Waals surface area contributed by atoms with Crippen molar-refractivity contribution in [2.24, 2.45) is 0 Å². The number of hydrogen-bond donors (Lipinski definition) is 2. The zero-order valence-corrected chi connectivity index (χ0v) is 11.3. The van der Waals surface area contributed by atoms with Crippen LogP contribution in [0.3, 0.4) is 0 Å². The third-order valence-electron chi connectivity index (χ3n) is 2.82. The highest BCUT2D eigenvalue weighted by atomic mass is 16.5. The molecule has 0 unspecified atom stereocenters. The summed E-state index contributed by atoms with van der Waals surface area (Å²) in [5.74, 6) is 0.977. The molecule has 0 atom stereocenters. The van der Waals surface area contributed by atoms with Gasteiger partial charge in [0, 0.05) is 11.3 Å². The monoisotopic (exact) mass is 272 g/mol. The number of methoxy groups -OCH3 is 2. The van der Waals surface area contributed by atoms with Gasteiger partial charge in [0.1, 0.15) is 11.5 Å². The number of nitrogens with two attached hydrogens (primary N) is 1. The number of hydrogen-bond acceptors (Lipinski definition) is 4. The van der Waals surface area contributed by atoms with Crippen molar-refractivity contribution in [1.82, 2.24) is 0 Å². The first-order valence-corrected chi connectivity index (χ1v) is 6.03. The molecule has 20 heavy (non-hydrogen) atoms. The Morgan fingerprint density at radius 3 is 2.55 bits per heavy atom. The highest BCUT2D eigenvalue weighted by Gasteiger charge is 2.08. The summed E-state index contributed by atoms with van der Waals surface area (Å²) >= 11 is 0. The van der Waals surface area contributed by atoms with Gasteiger partial charge in [-0.25, -0.2) is 0 Å². The van der Waals surface area contributed by atoms with E-state index in [1.807, 2.05) is 0 Å². The highest BCUT2D eigenvalue weighted by molar-refractivity contribution is 6.04. The van der Waals surface area contributed by atoms with Crippen LogP contribution in [-0.2, 0) is 0 Å². The lowest BCUT2D eigenvalue weighted by atomic mass is 10.2. The molecule has 0 saturated carbocycles. The first-order valence-electron chi connectivity index (χ1n) is 6.03. The van der Waals surface area contributed by atoms with E-state index in [0.717, 1.165) is 0 Å². The molecule has 2 rings (SSSR count). The van der Waals surface area contributed by atoms with Crippen molar-refractivity contribution in [2.75, 3.05) is 25.3 Å². The Bertz CT molecular complexity index is 626. The molecule has 0 aliphatic carbocycles. The second-order valence-corrected chi connectivity index (χ2v) is 4.14. The molecule has 0 aromatic heterocycles. The highest BCUT2D eigenvalue weighted by Crippen LogP contribution is 2.25. The maximum absolute atomic E-state index is 12.1. The molecule has 0 bridgehead atoms. The second kappa shape index (κ2) is 5.97. The topological polar surface area (TPSA) is 73.6 Å². The summed E-state index contributed by atoms with van der Waals surface area (Å²) in [6, 6.07) is 12.0. The number of benzene rings is 2. The number of anilines is 2. The van der Waals surface area contributed by atoms with E-state index in [0.29, 0.717) is 28.4 Å². The molecular weight excluding hydrogens is 256 g/mol. The summed E-state index contributed by atoms with van der Waals surface area (Å²) in [6.45, 7) is 0. The van der Waals surface area contributed by atoms with E-state index in [1.165, 1.54) is 0 Å². The van der Waals surface area contributed by atoms with Crippen LogP contribution in [0.1, 0.15) is 10.4 Å². The lowest BCUT2D eigenvalue weighted by Gasteiger charge is -2.09. The Balaban J connectivity index is 2.16. The Kier molecular flexibility index (Phi) is 4.10. The average molecular weight is 272 g/mol. The molecule has 0 saturated heterocycles. The van der Waals surface area contributed by atoms with Gasteiger partial charge in [0.05, 0.1) is 19.9 Å². The van der Waals surface area contributed by atoms with Crippen LogP contribution in [0.15, 0.2) is 42.5 Å². The van der Waals surface area contributed by atoms with Gasteiger partial charge in [-0.15, -0.1) is 0 Å². The van der Waals surface area contributed by atoms with Crippen LogP contribution in [-0.4, -0.2) is 20.1 Å². The smallest absolute Gasteiger partial charge is 0.255 e. The normalized spacial score (nSPS) is 9.90. The predicted molar refractivity (Wildman–Crippen MR) is 78.4 cm³/mol. The van der Waals surface area contributed by atoms with Crippen molar-refractivity contribution in [3.8, 4) is 11.5 Å². The molecule has 2 aromatic rings. The standard InChI is InChI=1S/C15H16N2O3/c1-19-12-5-3-4-10(8-12)15(18)17-11-6-7-14(20-2)13(16)9-11/h3-9H,16H2,1-2H3,(H,17,18). The third-order valence-corrected chi connectivity index (χ3v) is 2.82. The molecule has 0 fully saturated rings. The van der Waals surface area contributed by atoms with Gasteiger partial charge in [-0.2, -0.15) is 0 Å². The van der Waals surface area contributed by atoms with Crippen molar-refractivity contribution < 1.29 is 14.3 Å². The fourth-order valence-electron chi connectivity index (χ4n) is 1.78. The molecule has 5 nitrogen and oxygen atoms in total. The molecule has 0 heterocycles. The first-order chi connectivity index (χ1) is 9.63. The summed E-state index contributed by atoms with van der Waals surface area (Å²) in [5.41, 5.74) is 7.38. The van der Waals surface area contributed by atoms with Crippen molar-refractivity contribution in [2.45, 2.75) is 0 Å². The van der Waals surface area contributed by atoms with Gasteiger partial charge in [-0.05, 0) is 36.4 Å². The summed E-state index contributed by atoms with van der Waals surface area (Å²) in [5, 5.41) is 2.77. The van der Waals surface area contributed by atoms with Gasteiger partial charge in [0.2, 0.25) is 0 Å². The van der Waals surface area contributed by atoms with E-state index < -0.39 is 0 Å². The van der Waals surface area contributed by atoms with Crippen molar-refractivity contribution >= 4 is 17.3 Å². The molecule has 2 aromatic carbocycles. The largest absolute Gasteiger partial charge is 0.497 e. The van der Waals surface area contributed by atoms with Crippen molar-refractivity contribution in [3.05, 3.63) is 48.0 Å². The van der Waals surface area contributed by atoms with Crippen LogP contribution in [0.5, 0.6) is 11.5 Å². The zero-order chi connectivity index (χ0) is 14.5. The van der Waals surface area contributed by atoms with E-state index in [-0.39, 0.29) is 5.91 Å². The maximum Gasteiger partial charge on any atom is 0.255 e. The minimum absolute atomic E-state index is 0.228. The van der Waals surface area contributed by atoms with Gasteiger partial charge < -0.3 is 20.5 Å². The van der Waals surface area contributed by atoms with E-state index in [4.69, 9.17) is 15.2 Å². The van der Waals surface area contributed by atoms with Gasteiger partial charge >= 0.3 is 0 Å². The van der Waals surface area contributed by atoms with Crippen LogP contribution in [0.25, 0.3) is 0 Å². The summed E-state index contributed by atoms with van der Waals surface area (Å²) < 4.78 is 10.2. The van der Waals surface area contributed by atoms with Crippen LogP contribution < -0.4 is 20.5 Å². The SMILES string of the molecule is COc1cccc(C(=O)Nc2ccc(OC)c(N)c2)c1. The average Bonchev–Trinajstić information content (AvgIpc) is 2.47. The summed E-state index contributed by atoms with van der Waals surface area (Å²) in [7, 11) is 3.10. The lowest BCUT2D eigenvalue weighted by Crippen LogP contribution is -2.12.